The van der Waals surface area contributed by atoms with E-state index in [9.17, 15) is 14.9 Å². The molecule has 0 spiro atoms. The zero-order valence-electron chi connectivity index (χ0n) is 11.1. The van der Waals surface area contributed by atoms with Gasteiger partial charge >= 0.3 is 5.97 Å². The van der Waals surface area contributed by atoms with E-state index >= 15 is 0 Å². The topological polar surface area (TPSA) is 102 Å². The molecule has 0 aliphatic carbocycles. The van der Waals surface area contributed by atoms with Crippen LogP contribution in [0.5, 0.6) is 0 Å². The van der Waals surface area contributed by atoms with Crippen molar-refractivity contribution in [3.63, 3.8) is 0 Å². The third-order valence-corrected chi connectivity index (χ3v) is 3.40. The number of non-ortho nitro benzene ring substituents is 1. The maximum atomic E-state index is 11.2. The molecule has 108 valence electrons. The molecule has 1 unspecified atom stereocenters. The van der Waals surface area contributed by atoms with Crippen molar-refractivity contribution in [1.29, 1.82) is 0 Å². The molecule has 1 aromatic rings. The smallest absolute Gasteiger partial charge is 0.338 e. The Bertz CT molecular complexity index is 538. The van der Waals surface area contributed by atoms with Crippen LogP contribution in [0.15, 0.2) is 18.2 Å². The first-order chi connectivity index (χ1) is 9.41. The molecule has 20 heavy (non-hydrogen) atoms. The molecule has 1 fully saturated rings. The number of nitro benzene ring substituents is 1. The number of nitrogens with one attached hydrogen (secondary N) is 1. The fraction of sp³-hybridized carbons (Fsp3) is 0.462. The van der Waals surface area contributed by atoms with Gasteiger partial charge in [0.05, 0.1) is 16.1 Å². The van der Waals surface area contributed by atoms with Crippen LogP contribution in [0.25, 0.3) is 0 Å². The summed E-state index contributed by atoms with van der Waals surface area (Å²) in [6.45, 7) is 3.12. The van der Waals surface area contributed by atoms with Crippen LogP contribution in [0.4, 0.5) is 11.4 Å². The first kappa shape index (κ1) is 14.3. The standard InChI is InChI=1S/C13H16N2O5/c1-13(5-2-6-20-13)8-14-11-4-3-9(15(18)19)7-10(11)12(16)17/h3-4,7,14H,2,5-6,8H2,1H3,(H,16,17). The molecule has 0 radical (unpaired) electrons. The fourth-order valence-corrected chi connectivity index (χ4v) is 2.24. The Hall–Kier alpha value is -2.15. The summed E-state index contributed by atoms with van der Waals surface area (Å²) in [6, 6.07) is 3.76. The van der Waals surface area contributed by atoms with Gasteiger partial charge in [0.2, 0.25) is 0 Å². The van der Waals surface area contributed by atoms with Crippen molar-refractivity contribution in [3.8, 4) is 0 Å². The second kappa shape index (κ2) is 5.46. The number of nitrogens with zero attached hydrogens (tertiary/aromatic N) is 1. The van der Waals surface area contributed by atoms with E-state index in [2.05, 4.69) is 5.32 Å². The van der Waals surface area contributed by atoms with Gasteiger partial charge in [0.1, 0.15) is 0 Å². The second-order valence-electron chi connectivity index (χ2n) is 5.05. The van der Waals surface area contributed by atoms with Gasteiger partial charge in [0, 0.05) is 31.0 Å². The summed E-state index contributed by atoms with van der Waals surface area (Å²) in [6.07, 6.45) is 1.87. The molecule has 0 aromatic heterocycles. The van der Waals surface area contributed by atoms with Crippen molar-refractivity contribution in [3.05, 3.63) is 33.9 Å². The number of rotatable bonds is 5. The van der Waals surface area contributed by atoms with Gasteiger partial charge < -0.3 is 15.2 Å². The Balaban J connectivity index is 2.18. The number of anilines is 1. The van der Waals surface area contributed by atoms with E-state index in [-0.39, 0.29) is 16.9 Å². The highest BCUT2D eigenvalue weighted by Gasteiger charge is 2.30. The van der Waals surface area contributed by atoms with E-state index in [1.54, 1.807) is 0 Å². The van der Waals surface area contributed by atoms with E-state index in [1.165, 1.54) is 12.1 Å². The van der Waals surface area contributed by atoms with Crippen molar-refractivity contribution in [2.24, 2.45) is 0 Å². The van der Waals surface area contributed by atoms with Crippen molar-refractivity contribution >= 4 is 17.3 Å². The number of carboxylic acids is 1. The van der Waals surface area contributed by atoms with Gasteiger partial charge in [-0.1, -0.05) is 0 Å². The molecule has 1 atom stereocenters. The predicted molar refractivity (Wildman–Crippen MR) is 72.1 cm³/mol. The average Bonchev–Trinajstić information content (AvgIpc) is 2.83. The molecule has 0 amide bonds. The van der Waals surface area contributed by atoms with Crippen LogP contribution in [-0.2, 0) is 4.74 Å². The number of aromatic carboxylic acids is 1. The summed E-state index contributed by atoms with van der Waals surface area (Å²) in [5.74, 6) is -1.20. The third kappa shape index (κ3) is 3.05. The lowest BCUT2D eigenvalue weighted by atomic mass is 10.0. The molecular formula is C13H16N2O5. The number of hydrogen-bond donors (Lipinski definition) is 2. The van der Waals surface area contributed by atoms with E-state index in [0.29, 0.717) is 18.8 Å². The zero-order valence-corrected chi connectivity index (χ0v) is 11.1. The van der Waals surface area contributed by atoms with Crippen LogP contribution in [0.1, 0.15) is 30.1 Å². The zero-order chi connectivity index (χ0) is 14.8. The molecule has 1 saturated heterocycles. The Morgan fingerprint density at radius 2 is 2.35 bits per heavy atom. The lowest BCUT2D eigenvalue weighted by molar-refractivity contribution is -0.384. The van der Waals surface area contributed by atoms with Gasteiger partial charge in [0.15, 0.2) is 0 Å². The molecule has 1 aliphatic heterocycles. The van der Waals surface area contributed by atoms with Crippen LogP contribution >= 0.6 is 0 Å². The molecule has 2 rings (SSSR count). The molecule has 0 bridgehead atoms. The molecule has 1 aliphatic rings. The maximum Gasteiger partial charge on any atom is 0.338 e. The molecule has 7 heteroatoms. The van der Waals surface area contributed by atoms with Crippen molar-refractivity contribution < 1.29 is 19.6 Å². The van der Waals surface area contributed by atoms with Crippen LogP contribution in [0.3, 0.4) is 0 Å². The average molecular weight is 280 g/mol. The minimum Gasteiger partial charge on any atom is -0.478 e. The predicted octanol–water partition coefficient (Wildman–Crippen LogP) is 2.27. The molecule has 2 N–H and O–H groups in total. The Kier molecular flexibility index (Phi) is 3.89. The van der Waals surface area contributed by atoms with E-state index in [1.807, 2.05) is 6.92 Å². The number of carbonyl (C=O) groups is 1. The summed E-state index contributed by atoms with van der Waals surface area (Å²) in [7, 11) is 0. The number of nitro groups is 1. The highest BCUT2D eigenvalue weighted by Crippen LogP contribution is 2.27. The van der Waals surface area contributed by atoms with E-state index < -0.39 is 10.9 Å². The molecule has 1 heterocycles. The molecule has 1 aromatic carbocycles. The maximum absolute atomic E-state index is 11.2. The fourth-order valence-electron chi connectivity index (χ4n) is 2.24. The highest BCUT2D eigenvalue weighted by atomic mass is 16.6. The first-order valence-corrected chi connectivity index (χ1v) is 6.31. The Morgan fingerprint density at radius 3 is 2.90 bits per heavy atom. The van der Waals surface area contributed by atoms with Gasteiger partial charge in [-0.15, -0.1) is 0 Å². The van der Waals surface area contributed by atoms with Crippen molar-refractivity contribution in [1.82, 2.24) is 0 Å². The summed E-state index contributed by atoms with van der Waals surface area (Å²) in [4.78, 5) is 21.2. The SMILES string of the molecule is CC1(CNc2ccc([N+](=O)[O-])cc2C(=O)O)CCCO1. The summed E-state index contributed by atoms with van der Waals surface area (Å²) in [5, 5.41) is 22.8. The Labute approximate surface area is 115 Å². The van der Waals surface area contributed by atoms with Crippen molar-refractivity contribution in [2.45, 2.75) is 25.4 Å². The minimum atomic E-state index is -1.20. The van der Waals surface area contributed by atoms with Gasteiger partial charge in [0.25, 0.3) is 5.69 Å². The van der Waals surface area contributed by atoms with Crippen LogP contribution < -0.4 is 5.32 Å². The lowest BCUT2D eigenvalue weighted by Gasteiger charge is -2.24. The van der Waals surface area contributed by atoms with Crippen molar-refractivity contribution in [2.75, 3.05) is 18.5 Å². The second-order valence-corrected chi connectivity index (χ2v) is 5.05. The van der Waals surface area contributed by atoms with E-state index in [4.69, 9.17) is 9.84 Å². The third-order valence-electron chi connectivity index (χ3n) is 3.40. The minimum absolute atomic E-state index is 0.110. The van der Waals surface area contributed by atoms with Crippen LogP contribution in [0, 0.1) is 10.1 Å². The first-order valence-electron chi connectivity index (χ1n) is 6.31. The summed E-state index contributed by atoms with van der Waals surface area (Å²) in [5.41, 5.74) is -0.311. The lowest BCUT2D eigenvalue weighted by Crippen LogP contribution is -2.32. The normalized spacial score (nSPS) is 21.6. The summed E-state index contributed by atoms with van der Waals surface area (Å²) < 4.78 is 5.61. The monoisotopic (exact) mass is 280 g/mol. The highest BCUT2D eigenvalue weighted by molar-refractivity contribution is 5.95. The number of benzene rings is 1. The van der Waals surface area contributed by atoms with Crippen LogP contribution in [-0.4, -0.2) is 34.8 Å². The molecule has 7 nitrogen and oxygen atoms in total. The largest absolute Gasteiger partial charge is 0.478 e. The number of ether oxygens (including phenoxy) is 1. The molecule has 0 saturated carbocycles. The molecular weight excluding hydrogens is 264 g/mol. The van der Waals surface area contributed by atoms with Gasteiger partial charge in [-0.2, -0.15) is 0 Å². The van der Waals surface area contributed by atoms with E-state index in [0.717, 1.165) is 18.9 Å². The quantitative estimate of drug-likeness (QED) is 0.633. The van der Waals surface area contributed by atoms with Gasteiger partial charge in [-0.3, -0.25) is 10.1 Å². The summed E-state index contributed by atoms with van der Waals surface area (Å²) >= 11 is 0. The Morgan fingerprint density at radius 1 is 1.60 bits per heavy atom. The van der Waals surface area contributed by atoms with Crippen LogP contribution in [0.2, 0.25) is 0 Å². The van der Waals surface area contributed by atoms with Gasteiger partial charge in [-0.25, -0.2) is 4.79 Å². The number of hydrogen-bond acceptors (Lipinski definition) is 5. The van der Waals surface area contributed by atoms with Gasteiger partial charge in [-0.05, 0) is 25.8 Å². The number of carboxylic acid groups (broad SMARTS) is 1.